The van der Waals surface area contributed by atoms with Gasteiger partial charge in [0.1, 0.15) is 0 Å². The molecular formula is C14H26O. The van der Waals surface area contributed by atoms with Gasteiger partial charge in [0.25, 0.3) is 0 Å². The Morgan fingerprint density at radius 1 is 1.07 bits per heavy atom. The second-order valence-electron chi connectivity index (χ2n) is 4.22. The number of carbonyl (C=O) groups excluding carboxylic acids is 1. The fraction of sp³-hybridized carbons (Fsp3) is 0.786. The van der Waals surface area contributed by atoms with Crippen molar-refractivity contribution in [1.82, 2.24) is 0 Å². The van der Waals surface area contributed by atoms with Crippen molar-refractivity contribution in [1.29, 1.82) is 0 Å². The van der Waals surface area contributed by atoms with E-state index in [4.69, 9.17) is 0 Å². The van der Waals surface area contributed by atoms with Crippen LogP contribution >= 0.6 is 0 Å². The van der Waals surface area contributed by atoms with Crippen molar-refractivity contribution in [2.24, 2.45) is 5.92 Å². The summed E-state index contributed by atoms with van der Waals surface area (Å²) >= 11 is 0. The van der Waals surface area contributed by atoms with E-state index in [0.717, 1.165) is 0 Å². The first kappa shape index (κ1) is 14.4. The molecule has 0 spiro atoms. The molecule has 0 aliphatic carbocycles. The number of unbranched alkanes of at least 4 members (excludes halogenated alkanes) is 2. The van der Waals surface area contributed by atoms with E-state index in [1.165, 1.54) is 38.5 Å². The molecule has 0 heterocycles. The van der Waals surface area contributed by atoms with Crippen molar-refractivity contribution >= 4 is 5.78 Å². The summed E-state index contributed by atoms with van der Waals surface area (Å²) in [5.74, 6) is 0.883. The van der Waals surface area contributed by atoms with Gasteiger partial charge < -0.3 is 0 Å². The van der Waals surface area contributed by atoms with Gasteiger partial charge >= 0.3 is 0 Å². The third-order valence-corrected chi connectivity index (χ3v) is 2.76. The minimum atomic E-state index is 0.257. The summed E-state index contributed by atoms with van der Waals surface area (Å²) in [7, 11) is 0. The van der Waals surface area contributed by atoms with E-state index in [-0.39, 0.29) is 5.78 Å². The lowest BCUT2D eigenvalue weighted by molar-refractivity contribution is -0.114. The van der Waals surface area contributed by atoms with Crippen LogP contribution in [0.1, 0.15) is 65.7 Å². The Bertz CT molecular complexity index is 174. The second-order valence-corrected chi connectivity index (χ2v) is 4.22. The Kier molecular flexibility index (Phi) is 9.55. The molecule has 0 saturated carbocycles. The second kappa shape index (κ2) is 9.95. The van der Waals surface area contributed by atoms with Gasteiger partial charge in [-0.25, -0.2) is 0 Å². The lowest BCUT2D eigenvalue weighted by Gasteiger charge is -2.11. The van der Waals surface area contributed by atoms with Crippen molar-refractivity contribution in [2.45, 2.75) is 65.7 Å². The average molecular weight is 210 g/mol. The smallest absolute Gasteiger partial charge is 0.155 e. The fourth-order valence-electron chi connectivity index (χ4n) is 1.63. The molecule has 88 valence electrons. The molecule has 0 radical (unpaired) electrons. The van der Waals surface area contributed by atoms with Gasteiger partial charge in [-0.3, -0.25) is 4.79 Å². The molecule has 0 atom stereocenters. The number of hydrogen-bond acceptors (Lipinski definition) is 1. The highest BCUT2D eigenvalue weighted by Crippen LogP contribution is 2.17. The normalized spacial score (nSPS) is 11.5. The maximum Gasteiger partial charge on any atom is 0.155 e. The molecular weight excluding hydrogens is 184 g/mol. The van der Waals surface area contributed by atoms with Crippen LogP contribution in [-0.4, -0.2) is 5.78 Å². The molecule has 0 amide bonds. The van der Waals surface area contributed by atoms with Crippen LogP contribution in [0.3, 0.4) is 0 Å². The highest BCUT2D eigenvalue weighted by Gasteiger charge is 2.04. The summed E-state index contributed by atoms with van der Waals surface area (Å²) < 4.78 is 0. The maximum atomic E-state index is 11.2. The lowest BCUT2D eigenvalue weighted by atomic mass is 9.95. The Labute approximate surface area is 95.0 Å². The van der Waals surface area contributed by atoms with Crippen LogP contribution in [0.5, 0.6) is 0 Å². The van der Waals surface area contributed by atoms with Crippen LogP contribution in [-0.2, 0) is 4.79 Å². The molecule has 0 fully saturated rings. The largest absolute Gasteiger partial charge is 0.295 e. The number of allylic oxidation sites excluding steroid dienone is 2. The van der Waals surface area contributed by atoms with Crippen LogP contribution in [0.4, 0.5) is 0 Å². The van der Waals surface area contributed by atoms with E-state index in [1.807, 2.05) is 6.92 Å². The van der Waals surface area contributed by atoms with Crippen LogP contribution in [0.15, 0.2) is 12.2 Å². The highest BCUT2D eigenvalue weighted by molar-refractivity contribution is 5.89. The van der Waals surface area contributed by atoms with E-state index in [1.54, 1.807) is 6.08 Å². The minimum Gasteiger partial charge on any atom is -0.295 e. The van der Waals surface area contributed by atoms with Gasteiger partial charge in [0.2, 0.25) is 0 Å². The molecule has 0 aromatic heterocycles. The van der Waals surface area contributed by atoms with Gasteiger partial charge in [-0.15, -0.1) is 0 Å². The first-order valence-corrected chi connectivity index (χ1v) is 6.45. The molecule has 0 aliphatic heterocycles. The molecule has 1 nitrogen and oxygen atoms in total. The van der Waals surface area contributed by atoms with Gasteiger partial charge in [0, 0.05) is 6.42 Å². The zero-order chi connectivity index (χ0) is 11.5. The van der Waals surface area contributed by atoms with Crippen LogP contribution in [0.25, 0.3) is 0 Å². The van der Waals surface area contributed by atoms with Gasteiger partial charge in [-0.2, -0.15) is 0 Å². The Morgan fingerprint density at radius 2 is 1.60 bits per heavy atom. The zero-order valence-corrected chi connectivity index (χ0v) is 10.6. The van der Waals surface area contributed by atoms with E-state index < -0.39 is 0 Å². The average Bonchev–Trinajstić information content (AvgIpc) is 2.27. The summed E-state index contributed by atoms with van der Waals surface area (Å²) in [6.45, 7) is 6.36. The van der Waals surface area contributed by atoms with Gasteiger partial charge in [0.15, 0.2) is 5.78 Å². The van der Waals surface area contributed by atoms with E-state index in [9.17, 15) is 4.79 Å². The first-order valence-electron chi connectivity index (χ1n) is 6.45. The van der Waals surface area contributed by atoms with Crippen LogP contribution in [0, 0.1) is 5.92 Å². The molecule has 0 aromatic carbocycles. The van der Waals surface area contributed by atoms with Gasteiger partial charge in [0.05, 0.1) is 0 Å². The molecule has 0 bridgehead atoms. The monoisotopic (exact) mass is 210 g/mol. The SMILES string of the molecule is CCCCC(/C=C\C(=O)CC)CCCC. The van der Waals surface area contributed by atoms with Crippen molar-refractivity contribution in [3.05, 3.63) is 12.2 Å². The molecule has 1 heteroatoms. The Balaban J connectivity index is 3.98. The Hall–Kier alpha value is -0.590. The molecule has 0 unspecified atom stereocenters. The lowest BCUT2D eigenvalue weighted by Crippen LogP contribution is -1.98. The fourth-order valence-corrected chi connectivity index (χ4v) is 1.63. The standard InChI is InChI=1S/C14H26O/c1-4-7-9-13(10-8-5-2)11-12-14(15)6-3/h11-13H,4-10H2,1-3H3/b12-11-. The summed E-state index contributed by atoms with van der Waals surface area (Å²) in [6, 6.07) is 0. The van der Waals surface area contributed by atoms with E-state index in [0.29, 0.717) is 12.3 Å². The predicted molar refractivity (Wildman–Crippen MR) is 67.0 cm³/mol. The number of ketones is 1. The number of hydrogen-bond donors (Lipinski definition) is 0. The molecule has 0 aromatic rings. The van der Waals surface area contributed by atoms with Crippen LogP contribution < -0.4 is 0 Å². The molecule has 0 saturated heterocycles. The summed E-state index contributed by atoms with van der Waals surface area (Å²) in [4.78, 5) is 11.2. The third-order valence-electron chi connectivity index (χ3n) is 2.76. The summed E-state index contributed by atoms with van der Waals surface area (Å²) in [6.07, 6.45) is 12.1. The third kappa shape index (κ3) is 8.41. The van der Waals surface area contributed by atoms with Crippen molar-refractivity contribution < 1.29 is 4.79 Å². The molecule has 0 rings (SSSR count). The van der Waals surface area contributed by atoms with E-state index >= 15 is 0 Å². The predicted octanol–water partition coefficient (Wildman–Crippen LogP) is 4.52. The summed E-state index contributed by atoms with van der Waals surface area (Å²) in [5.41, 5.74) is 0. The van der Waals surface area contributed by atoms with Gasteiger partial charge in [-0.1, -0.05) is 52.5 Å². The maximum absolute atomic E-state index is 11.2. The first-order chi connectivity index (χ1) is 7.24. The topological polar surface area (TPSA) is 17.1 Å². The highest BCUT2D eigenvalue weighted by atomic mass is 16.1. The van der Waals surface area contributed by atoms with Gasteiger partial charge in [-0.05, 0) is 24.8 Å². The number of carbonyl (C=O) groups is 1. The van der Waals surface area contributed by atoms with Crippen molar-refractivity contribution in [3.8, 4) is 0 Å². The molecule has 15 heavy (non-hydrogen) atoms. The van der Waals surface area contributed by atoms with E-state index in [2.05, 4.69) is 19.9 Å². The van der Waals surface area contributed by atoms with Crippen LogP contribution in [0.2, 0.25) is 0 Å². The minimum absolute atomic E-state index is 0.257. The zero-order valence-electron chi connectivity index (χ0n) is 10.6. The summed E-state index contributed by atoms with van der Waals surface area (Å²) in [5, 5.41) is 0. The number of rotatable bonds is 9. The quantitative estimate of drug-likeness (QED) is 0.511. The Morgan fingerprint density at radius 3 is 2.00 bits per heavy atom. The van der Waals surface area contributed by atoms with Crippen molar-refractivity contribution in [3.63, 3.8) is 0 Å². The molecule has 0 N–H and O–H groups in total. The van der Waals surface area contributed by atoms with Crippen molar-refractivity contribution in [2.75, 3.05) is 0 Å². The molecule has 0 aliphatic rings.